The molecule has 3 nitrogen and oxygen atoms in total. The lowest BCUT2D eigenvalue weighted by Crippen LogP contribution is -2.29. The van der Waals surface area contributed by atoms with E-state index in [-0.39, 0.29) is 5.91 Å². The van der Waals surface area contributed by atoms with Crippen molar-refractivity contribution in [2.75, 3.05) is 18.4 Å². The van der Waals surface area contributed by atoms with Crippen molar-refractivity contribution in [3.8, 4) is 0 Å². The fourth-order valence-electron chi connectivity index (χ4n) is 1.30. The Kier molecular flexibility index (Phi) is 4.73. The third-order valence-electron chi connectivity index (χ3n) is 2.13. The second-order valence-electron chi connectivity index (χ2n) is 3.92. The highest BCUT2D eigenvalue weighted by Crippen LogP contribution is 2.12. The Bertz CT molecular complexity index is 385. The first-order valence-corrected chi connectivity index (χ1v) is 5.30. The quantitative estimate of drug-likeness (QED) is 0.743. The standard InChI is InChI=1S/C13H18N2O/c1-10(2)8-14-9-13(16)15-12-7-5-4-6-11(12)3/h4-7,14H,1,8-9H2,2-3H3,(H,15,16). The molecule has 0 saturated carbocycles. The zero-order valence-electron chi connectivity index (χ0n) is 9.84. The molecule has 2 N–H and O–H groups in total. The Morgan fingerprint density at radius 3 is 2.62 bits per heavy atom. The molecule has 0 fully saturated rings. The number of aryl methyl sites for hydroxylation is 1. The molecule has 0 radical (unpaired) electrons. The topological polar surface area (TPSA) is 41.1 Å². The van der Waals surface area contributed by atoms with Crippen molar-refractivity contribution in [2.24, 2.45) is 0 Å². The van der Waals surface area contributed by atoms with E-state index in [1.807, 2.05) is 38.1 Å². The summed E-state index contributed by atoms with van der Waals surface area (Å²) in [5, 5.41) is 5.87. The summed E-state index contributed by atoms with van der Waals surface area (Å²) < 4.78 is 0. The third-order valence-corrected chi connectivity index (χ3v) is 2.13. The van der Waals surface area contributed by atoms with Crippen molar-refractivity contribution in [2.45, 2.75) is 13.8 Å². The molecule has 0 aliphatic carbocycles. The Morgan fingerprint density at radius 2 is 2.00 bits per heavy atom. The van der Waals surface area contributed by atoms with E-state index in [9.17, 15) is 4.79 Å². The van der Waals surface area contributed by atoms with E-state index < -0.39 is 0 Å². The summed E-state index contributed by atoms with van der Waals surface area (Å²) in [7, 11) is 0. The van der Waals surface area contributed by atoms with Gasteiger partial charge in [0, 0.05) is 12.2 Å². The molecule has 0 bridgehead atoms. The predicted molar refractivity (Wildman–Crippen MR) is 67.5 cm³/mol. The van der Waals surface area contributed by atoms with Gasteiger partial charge in [0.25, 0.3) is 0 Å². The van der Waals surface area contributed by atoms with Gasteiger partial charge in [-0.1, -0.05) is 30.4 Å². The van der Waals surface area contributed by atoms with Crippen molar-refractivity contribution >= 4 is 11.6 Å². The molecule has 1 aromatic carbocycles. The average Bonchev–Trinajstić information content (AvgIpc) is 2.21. The second-order valence-corrected chi connectivity index (χ2v) is 3.92. The fourth-order valence-corrected chi connectivity index (χ4v) is 1.30. The largest absolute Gasteiger partial charge is 0.325 e. The van der Waals surface area contributed by atoms with Crippen LogP contribution in [0.2, 0.25) is 0 Å². The number of nitrogens with one attached hydrogen (secondary N) is 2. The van der Waals surface area contributed by atoms with Gasteiger partial charge in [0.1, 0.15) is 0 Å². The maximum absolute atomic E-state index is 11.5. The summed E-state index contributed by atoms with van der Waals surface area (Å²) in [4.78, 5) is 11.5. The van der Waals surface area contributed by atoms with E-state index in [0.29, 0.717) is 13.1 Å². The number of anilines is 1. The van der Waals surface area contributed by atoms with Crippen LogP contribution in [0.25, 0.3) is 0 Å². The lowest BCUT2D eigenvalue weighted by Gasteiger charge is -2.08. The predicted octanol–water partition coefficient (Wildman–Crippen LogP) is 2.10. The number of carbonyl (C=O) groups is 1. The lowest BCUT2D eigenvalue weighted by molar-refractivity contribution is -0.115. The maximum atomic E-state index is 11.5. The van der Waals surface area contributed by atoms with Crippen LogP contribution < -0.4 is 10.6 Å². The lowest BCUT2D eigenvalue weighted by atomic mass is 10.2. The maximum Gasteiger partial charge on any atom is 0.238 e. The molecule has 0 aliphatic rings. The average molecular weight is 218 g/mol. The molecule has 3 heteroatoms. The number of para-hydroxylation sites is 1. The van der Waals surface area contributed by atoms with Crippen LogP contribution in [0.1, 0.15) is 12.5 Å². The molecule has 0 saturated heterocycles. The Morgan fingerprint density at radius 1 is 1.31 bits per heavy atom. The summed E-state index contributed by atoms with van der Waals surface area (Å²) >= 11 is 0. The van der Waals surface area contributed by atoms with Crippen LogP contribution in [-0.2, 0) is 4.79 Å². The molecule has 0 unspecified atom stereocenters. The van der Waals surface area contributed by atoms with E-state index in [0.717, 1.165) is 16.8 Å². The minimum atomic E-state index is -0.0319. The number of rotatable bonds is 5. The van der Waals surface area contributed by atoms with Crippen molar-refractivity contribution in [3.05, 3.63) is 42.0 Å². The van der Waals surface area contributed by atoms with Crippen LogP contribution >= 0.6 is 0 Å². The summed E-state index contributed by atoms with van der Waals surface area (Å²) in [6.07, 6.45) is 0. The first-order valence-electron chi connectivity index (χ1n) is 5.30. The first-order chi connectivity index (χ1) is 7.59. The molecule has 0 atom stereocenters. The van der Waals surface area contributed by atoms with Gasteiger partial charge in [-0.05, 0) is 25.5 Å². The zero-order chi connectivity index (χ0) is 12.0. The highest BCUT2D eigenvalue weighted by atomic mass is 16.1. The van der Waals surface area contributed by atoms with Crippen LogP contribution in [0.5, 0.6) is 0 Å². The van der Waals surface area contributed by atoms with Gasteiger partial charge in [-0.2, -0.15) is 0 Å². The van der Waals surface area contributed by atoms with Gasteiger partial charge in [-0.15, -0.1) is 0 Å². The van der Waals surface area contributed by atoms with Crippen LogP contribution in [0, 0.1) is 6.92 Å². The monoisotopic (exact) mass is 218 g/mol. The van der Waals surface area contributed by atoms with E-state index in [2.05, 4.69) is 17.2 Å². The first kappa shape index (κ1) is 12.5. The molecule has 0 aromatic heterocycles. The minimum Gasteiger partial charge on any atom is -0.325 e. The van der Waals surface area contributed by atoms with Crippen LogP contribution in [0.3, 0.4) is 0 Å². The van der Waals surface area contributed by atoms with E-state index in [1.54, 1.807) is 0 Å². The van der Waals surface area contributed by atoms with Gasteiger partial charge in [0.2, 0.25) is 5.91 Å². The normalized spacial score (nSPS) is 9.88. The van der Waals surface area contributed by atoms with Gasteiger partial charge < -0.3 is 10.6 Å². The summed E-state index contributed by atoms with van der Waals surface area (Å²) in [5.74, 6) is -0.0319. The highest BCUT2D eigenvalue weighted by molar-refractivity contribution is 5.92. The second kappa shape index (κ2) is 6.08. The van der Waals surface area contributed by atoms with Crippen molar-refractivity contribution < 1.29 is 4.79 Å². The molecule has 86 valence electrons. The van der Waals surface area contributed by atoms with Gasteiger partial charge in [-0.3, -0.25) is 4.79 Å². The third kappa shape index (κ3) is 4.28. The molecule has 1 aromatic rings. The molecular weight excluding hydrogens is 200 g/mol. The molecule has 1 rings (SSSR count). The van der Waals surface area contributed by atoms with Crippen molar-refractivity contribution in [1.29, 1.82) is 0 Å². The summed E-state index contributed by atoms with van der Waals surface area (Å²) in [6.45, 7) is 8.62. The molecule has 0 heterocycles. The summed E-state index contributed by atoms with van der Waals surface area (Å²) in [5.41, 5.74) is 2.95. The smallest absolute Gasteiger partial charge is 0.238 e. The highest BCUT2D eigenvalue weighted by Gasteiger charge is 2.02. The van der Waals surface area contributed by atoms with Crippen molar-refractivity contribution in [3.63, 3.8) is 0 Å². The van der Waals surface area contributed by atoms with Crippen molar-refractivity contribution in [1.82, 2.24) is 5.32 Å². The van der Waals surface area contributed by atoms with E-state index >= 15 is 0 Å². The van der Waals surface area contributed by atoms with Crippen LogP contribution in [-0.4, -0.2) is 19.0 Å². The molecule has 0 spiro atoms. The number of amides is 1. The van der Waals surface area contributed by atoms with Crippen LogP contribution in [0.15, 0.2) is 36.4 Å². The van der Waals surface area contributed by atoms with Gasteiger partial charge >= 0.3 is 0 Å². The number of hydrogen-bond acceptors (Lipinski definition) is 2. The zero-order valence-corrected chi connectivity index (χ0v) is 9.84. The van der Waals surface area contributed by atoms with E-state index in [1.165, 1.54) is 0 Å². The SMILES string of the molecule is C=C(C)CNCC(=O)Nc1ccccc1C. The minimum absolute atomic E-state index is 0.0319. The number of carbonyl (C=O) groups excluding carboxylic acids is 1. The van der Waals surface area contributed by atoms with Gasteiger partial charge in [0.15, 0.2) is 0 Å². The molecular formula is C13H18N2O. The number of hydrogen-bond donors (Lipinski definition) is 2. The molecule has 0 aliphatic heterocycles. The van der Waals surface area contributed by atoms with Gasteiger partial charge in [0.05, 0.1) is 6.54 Å². The summed E-state index contributed by atoms with van der Waals surface area (Å²) in [6, 6.07) is 7.72. The molecule has 1 amide bonds. The van der Waals surface area contributed by atoms with Gasteiger partial charge in [-0.25, -0.2) is 0 Å². The Labute approximate surface area is 96.6 Å². The Balaban J connectivity index is 2.40. The Hall–Kier alpha value is -1.61. The fraction of sp³-hybridized carbons (Fsp3) is 0.308. The van der Waals surface area contributed by atoms with Crippen LogP contribution in [0.4, 0.5) is 5.69 Å². The number of benzene rings is 1. The van der Waals surface area contributed by atoms with E-state index in [4.69, 9.17) is 0 Å². The molecule has 16 heavy (non-hydrogen) atoms.